The van der Waals surface area contributed by atoms with Gasteiger partial charge >= 0.3 is 5.97 Å². The fourth-order valence-corrected chi connectivity index (χ4v) is 3.17. The fourth-order valence-electron chi connectivity index (χ4n) is 1.78. The van der Waals surface area contributed by atoms with Gasteiger partial charge in [-0.15, -0.1) is 0 Å². The molecule has 1 aromatic carbocycles. The van der Waals surface area contributed by atoms with Crippen LogP contribution in [0.4, 0.5) is 10.1 Å². The van der Waals surface area contributed by atoms with E-state index in [2.05, 4.69) is 0 Å². The summed E-state index contributed by atoms with van der Waals surface area (Å²) in [7, 11) is -4.05. The van der Waals surface area contributed by atoms with Crippen molar-refractivity contribution in [3.05, 3.63) is 48.0 Å². The molecule has 112 valence electrons. The molecule has 1 aromatic heterocycles. The van der Waals surface area contributed by atoms with Crippen molar-refractivity contribution >= 4 is 21.7 Å². The van der Waals surface area contributed by atoms with E-state index in [4.69, 9.17) is 9.52 Å². The first kappa shape index (κ1) is 15.0. The quantitative estimate of drug-likeness (QED) is 0.915. The van der Waals surface area contributed by atoms with Gasteiger partial charge in [0.05, 0.1) is 5.69 Å². The molecular formula is C13H12FNO5S. The lowest BCUT2D eigenvalue weighted by Gasteiger charge is -2.21. The molecule has 21 heavy (non-hydrogen) atoms. The van der Waals surface area contributed by atoms with E-state index in [1.165, 1.54) is 12.1 Å². The summed E-state index contributed by atoms with van der Waals surface area (Å²) in [6, 6.07) is 7.05. The van der Waals surface area contributed by atoms with E-state index in [-0.39, 0.29) is 12.2 Å². The minimum Gasteiger partial charge on any atom is -0.475 e. The van der Waals surface area contributed by atoms with Crippen LogP contribution in [0.1, 0.15) is 17.5 Å². The van der Waals surface area contributed by atoms with Crippen LogP contribution >= 0.6 is 0 Å². The van der Waals surface area contributed by atoms with Crippen molar-refractivity contribution in [1.82, 2.24) is 0 Å². The number of nitrogens with zero attached hydrogens (tertiary/aromatic N) is 1. The minimum atomic E-state index is -4.05. The maximum absolute atomic E-state index is 12.9. The predicted octanol–water partition coefficient (Wildman–Crippen LogP) is 2.33. The molecule has 0 aliphatic carbocycles. The zero-order valence-corrected chi connectivity index (χ0v) is 11.8. The molecular weight excluding hydrogens is 301 g/mol. The number of carboxylic acids is 1. The highest BCUT2D eigenvalue weighted by molar-refractivity contribution is 7.92. The predicted molar refractivity (Wildman–Crippen MR) is 72.3 cm³/mol. The van der Waals surface area contributed by atoms with Crippen LogP contribution < -0.4 is 4.31 Å². The van der Waals surface area contributed by atoms with E-state index in [0.717, 1.165) is 28.6 Å². The second kappa shape index (κ2) is 5.57. The topological polar surface area (TPSA) is 87.8 Å². The maximum atomic E-state index is 12.9. The Hall–Kier alpha value is -2.35. The first-order valence-electron chi connectivity index (χ1n) is 5.97. The van der Waals surface area contributed by atoms with Crippen molar-refractivity contribution in [1.29, 1.82) is 0 Å². The Balaban J connectivity index is 2.43. The number of benzene rings is 1. The second-order valence-corrected chi connectivity index (χ2v) is 5.86. The van der Waals surface area contributed by atoms with Gasteiger partial charge in [-0.25, -0.2) is 9.18 Å². The molecule has 0 atom stereocenters. The lowest BCUT2D eigenvalue weighted by Crippen LogP contribution is -2.30. The summed E-state index contributed by atoms with van der Waals surface area (Å²) in [4.78, 5) is 10.7. The van der Waals surface area contributed by atoms with Gasteiger partial charge in [-0.3, -0.25) is 4.31 Å². The van der Waals surface area contributed by atoms with E-state index in [1.54, 1.807) is 6.92 Å². The third-order valence-corrected chi connectivity index (χ3v) is 4.52. The molecule has 1 N–H and O–H groups in total. The number of carboxylic acid groups (broad SMARTS) is 1. The molecule has 0 amide bonds. The molecule has 2 aromatic rings. The highest BCUT2D eigenvalue weighted by Crippen LogP contribution is 2.25. The Morgan fingerprint density at radius 1 is 1.24 bits per heavy atom. The fraction of sp³-hybridized carbons (Fsp3) is 0.154. The zero-order chi connectivity index (χ0) is 15.6. The first-order chi connectivity index (χ1) is 9.86. The Kier molecular flexibility index (Phi) is 3.99. The van der Waals surface area contributed by atoms with Crippen molar-refractivity contribution in [3.63, 3.8) is 0 Å². The molecule has 0 saturated carbocycles. The van der Waals surface area contributed by atoms with E-state index in [1.807, 2.05) is 0 Å². The highest BCUT2D eigenvalue weighted by atomic mass is 32.2. The molecule has 6 nitrogen and oxygen atoms in total. The molecule has 8 heteroatoms. The van der Waals surface area contributed by atoms with Crippen molar-refractivity contribution in [2.75, 3.05) is 10.8 Å². The number of halogens is 1. The van der Waals surface area contributed by atoms with Crippen LogP contribution in [0.25, 0.3) is 0 Å². The summed E-state index contributed by atoms with van der Waals surface area (Å²) in [6.45, 7) is 1.68. The standard InChI is InChI=1S/C13H12FNO5S/c1-2-15(10-5-3-9(14)4-6-10)21(18,19)12-8-7-11(20-12)13(16)17/h3-8H,2H2,1H3,(H,16,17). The summed E-state index contributed by atoms with van der Waals surface area (Å²) in [5.41, 5.74) is 0.257. The molecule has 0 unspecified atom stereocenters. The summed E-state index contributed by atoms with van der Waals surface area (Å²) < 4.78 is 43.6. The average Bonchev–Trinajstić information content (AvgIpc) is 2.92. The van der Waals surface area contributed by atoms with Crippen LogP contribution in [0, 0.1) is 5.82 Å². The SMILES string of the molecule is CCN(c1ccc(F)cc1)S(=O)(=O)c1ccc(C(=O)O)o1. The van der Waals surface area contributed by atoms with Crippen LogP contribution in [0.5, 0.6) is 0 Å². The average molecular weight is 313 g/mol. The molecule has 0 radical (unpaired) electrons. The van der Waals surface area contributed by atoms with Gasteiger partial charge < -0.3 is 9.52 Å². The first-order valence-corrected chi connectivity index (χ1v) is 7.41. The normalized spacial score (nSPS) is 11.3. The third-order valence-electron chi connectivity index (χ3n) is 2.74. The monoisotopic (exact) mass is 313 g/mol. The van der Waals surface area contributed by atoms with Crippen LogP contribution in [0.3, 0.4) is 0 Å². The molecule has 0 spiro atoms. The van der Waals surface area contributed by atoms with E-state index in [0.29, 0.717) is 0 Å². The van der Waals surface area contributed by atoms with E-state index >= 15 is 0 Å². The van der Waals surface area contributed by atoms with Crippen molar-refractivity contribution in [2.24, 2.45) is 0 Å². The summed E-state index contributed by atoms with van der Waals surface area (Å²) in [5, 5.41) is 8.28. The summed E-state index contributed by atoms with van der Waals surface area (Å²) >= 11 is 0. The number of hydrogen-bond donors (Lipinski definition) is 1. The van der Waals surface area contributed by atoms with Crippen molar-refractivity contribution < 1.29 is 27.1 Å². The van der Waals surface area contributed by atoms with E-state index < -0.39 is 32.7 Å². The largest absolute Gasteiger partial charge is 0.475 e. The van der Waals surface area contributed by atoms with Crippen LogP contribution in [-0.2, 0) is 10.0 Å². The van der Waals surface area contributed by atoms with Crippen molar-refractivity contribution in [2.45, 2.75) is 12.0 Å². The molecule has 0 aliphatic heterocycles. The van der Waals surface area contributed by atoms with Gasteiger partial charge in [-0.2, -0.15) is 8.42 Å². The summed E-state index contributed by atoms with van der Waals surface area (Å²) in [6.07, 6.45) is 0. The number of aromatic carboxylic acids is 1. The Morgan fingerprint density at radius 3 is 2.33 bits per heavy atom. The third kappa shape index (κ3) is 2.89. The highest BCUT2D eigenvalue weighted by Gasteiger charge is 2.28. The Bertz CT molecular complexity index is 751. The van der Waals surface area contributed by atoms with Gasteiger partial charge in [-0.1, -0.05) is 0 Å². The minimum absolute atomic E-state index is 0.0804. The number of hydrogen-bond acceptors (Lipinski definition) is 4. The lowest BCUT2D eigenvalue weighted by atomic mass is 10.3. The number of anilines is 1. The van der Waals surface area contributed by atoms with Crippen LogP contribution in [0.2, 0.25) is 0 Å². The number of rotatable bonds is 5. The molecule has 0 aliphatic rings. The Morgan fingerprint density at radius 2 is 1.86 bits per heavy atom. The second-order valence-electron chi connectivity index (χ2n) is 4.07. The van der Waals surface area contributed by atoms with Gasteiger partial charge in [0, 0.05) is 6.54 Å². The number of furan rings is 1. The number of sulfonamides is 1. The number of carbonyl (C=O) groups is 1. The van der Waals surface area contributed by atoms with Gasteiger partial charge in [0.15, 0.2) is 0 Å². The molecule has 2 rings (SSSR count). The molecule has 1 heterocycles. The van der Waals surface area contributed by atoms with Crippen molar-refractivity contribution in [3.8, 4) is 0 Å². The summed E-state index contributed by atoms with van der Waals surface area (Å²) in [5.74, 6) is -2.32. The smallest absolute Gasteiger partial charge is 0.371 e. The van der Waals surface area contributed by atoms with Gasteiger partial charge in [0.1, 0.15) is 5.82 Å². The van der Waals surface area contributed by atoms with E-state index in [9.17, 15) is 17.6 Å². The molecule has 0 bridgehead atoms. The Labute approximate surface area is 120 Å². The maximum Gasteiger partial charge on any atom is 0.371 e. The molecule has 0 fully saturated rings. The zero-order valence-electron chi connectivity index (χ0n) is 11.0. The van der Waals surface area contributed by atoms with Crippen LogP contribution in [0.15, 0.2) is 45.9 Å². The van der Waals surface area contributed by atoms with Crippen LogP contribution in [-0.4, -0.2) is 26.0 Å². The lowest BCUT2D eigenvalue weighted by molar-refractivity contribution is 0.0656. The van der Waals surface area contributed by atoms with Gasteiger partial charge in [-0.05, 0) is 43.3 Å². The van der Waals surface area contributed by atoms with Gasteiger partial charge in [0.25, 0.3) is 10.0 Å². The van der Waals surface area contributed by atoms with Gasteiger partial charge in [0.2, 0.25) is 10.9 Å². The molecule has 0 saturated heterocycles.